The van der Waals surface area contributed by atoms with E-state index in [2.05, 4.69) is 39.0 Å². The number of rotatable bonds is 35. The number of terminal acetylenes is 3. The van der Waals surface area contributed by atoms with Crippen molar-refractivity contribution in [3.63, 3.8) is 0 Å². The summed E-state index contributed by atoms with van der Waals surface area (Å²) in [5.41, 5.74) is -3.44. The molecule has 3 aliphatic rings. The highest BCUT2D eigenvalue weighted by Crippen LogP contribution is 2.73. The third-order valence-electron chi connectivity index (χ3n) is 9.69. The van der Waals surface area contributed by atoms with Gasteiger partial charge in [-0.25, -0.2) is 0 Å². The predicted molar refractivity (Wildman–Crippen MR) is 214 cm³/mol. The molecule has 1 unspecified atom stereocenters. The number of hydrogen-bond acceptors (Lipinski definition) is 12. The second kappa shape index (κ2) is 27.3. The van der Waals surface area contributed by atoms with Gasteiger partial charge in [0.2, 0.25) is 23.6 Å². The second-order valence-corrected chi connectivity index (χ2v) is 17.0. The number of hydrogen-bond donors (Lipinski definition) is 5. The quantitative estimate of drug-likeness (QED) is 0.0343. The molecule has 3 rings (SSSR count). The summed E-state index contributed by atoms with van der Waals surface area (Å²) in [5, 5.41) is 11.6. The maximum absolute atomic E-state index is 14.1. The molecule has 2 bridgehead atoms. The summed E-state index contributed by atoms with van der Waals surface area (Å²) in [7, 11) is -3.87. The smallest absolute Gasteiger partial charge is 0.331 e. The van der Waals surface area contributed by atoms with E-state index in [1.54, 1.807) is 13.8 Å². The maximum atomic E-state index is 14.1. The van der Waals surface area contributed by atoms with E-state index < -0.39 is 29.8 Å². The van der Waals surface area contributed by atoms with E-state index in [-0.39, 0.29) is 141 Å². The Labute approximate surface area is 343 Å². The van der Waals surface area contributed by atoms with Gasteiger partial charge in [-0.1, -0.05) is 31.6 Å². The van der Waals surface area contributed by atoms with Crippen molar-refractivity contribution in [1.29, 1.82) is 0 Å². The lowest BCUT2D eigenvalue weighted by Gasteiger charge is -2.68. The Bertz CT molecular complexity index is 1340. The van der Waals surface area contributed by atoms with E-state index in [1.807, 2.05) is 0 Å². The molecule has 0 aliphatic heterocycles. The Morgan fingerprint density at radius 3 is 1.31 bits per heavy atom. The van der Waals surface area contributed by atoms with Crippen molar-refractivity contribution in [3.8, 4) is 37.0 Å². The third kappa shape index (κ3) is 19.0. The average molecular weight is 839 g/mol. The Balaban J connectivity index is 2.12. The molecule has 3 saturated carbocycles. The highest BCUT2D eigenvalue weighted by atomic mass is 31.2. The van der Waals surface area contributed by atoms with Crippen LogP contribution in [0, 0.1) is 42.4 Å². The summed E-state index contributed by atoms with van der Waals surface area (Å²) in [6.07, 6.45) is 16.5. The zero-order valence-corrected chi connectivity index (χ0v) is 35.0. The molecule has 0 spiro atoms. The van der Waals surface area contributed by atoms with E-state index >= 15 is 0 Å². The van der Waals surface area contributed by atoms with Crippen molar-refractivity contribution in [2.75, 3.05) is 98.9 Å². The molecule has 1 atom stereocenters. The van der Waals surface area contributed by atoms with E-state index in [0.717, 1.165) is 0 Å². The van der Waals surface area contributed by atoms with E-state index in [4.69, 9.17) is 52.2 Å². The predicted octanol–water partition coefficient (Wildman–Crippen LogP) is 1.06. The first-order chi connectivity index (χ1) is 27.8. The van der Waals surface area contributed by atoms with Crippen molar-refractivity contribution < 1.29 is 61.6 Å². The maximum Gasteiger partial charge on any atom is 0.331 e. The topological polar surface area (TPSA) is 218 Å². The van der Waals surface area contributed by atoms with Gasteiger partial charge in [-0.2, -0.15) is 0 Å². The molecule has 58 heavy (non-hydrogen) atoms. The molecule has 17 nitrogen and oxygen atoms in total. The summed E-state index contributed by atoms with van der Waals surface area (Å²) in [6, 6.07) is 0. The van der Waals surface area contributed by atoms with E-state index in [9.17, 15) is 28.6 Å². The molecule has 4 amide bonds. The molecule has 0 aromatic rings. The van der Waals surface area contributed by atoms with Crippen LogP contribution in [-0.4, -0.2) is 144 Å². The van der Waals surface area contributed by atoms with Crippen LogP contribution in [0.15, 0.2) is 0 Å². The van der Waals surface area contributed by atoms with Crippen molar-refractivity contribution in [3.05, 3.63) is 0 Å². The molecule has 0 heterocycles. The number of carbonyl (C=O) groups is 4. The van der Waals surface area contributed by atoms with Gasteiger partial charge in [0.25, 0.3) is 0 Å². The van der Waals surface area contributed by atoms with Gasteiger partial charge < -0.3 is 59.1 Å². The second-order valence-electron chi connectivity index (χ2n) is 14.6. The average Bonchev–Trinajstić information content (AvgIpc) is 3.16. The molecule has 3 fully saturated rings. The summed E-state index contributed by atoms with van der Waals surface area (Å²) >= 11 is 0. The van der Waals surface area contributed by atoms with Crippen molar-refractivity contribution in [2.24, 2.45) is 5.41 Å². The lowest BCUT2D eigenvalue weighted by molar-refractivity contribution is -0.240. The van der Waals surface area contributed by atoms with Crippen molar-refractivity contribution in [2.45, 2.75) is 88.4 Å². The number of ether oxygens (including phenoxy) is 6. The molecule has 5 N–H and O–H groups in total. The van der Waals surface area contributed by atoms with Crippen LogP contribution in [0.1, 0.15) is 71.6 Å². The lowest BCUT2D eigenvalue weighted by Crippen LogP contribution is -2.74. The Morgan fingerprint density at radius 2 is 0.983 bits per heavy atom. The highest BCUT2D eigenvalue weighted by Gasteiger charge is 2.74. The SMILES string of the molecule is C#CCOCCOCCNC(=O)CCC(CCC(=O)NCCOCCOCC#C)(CCC(=O)NCCOCCOCC#C)NC(=O)C12CC(OP(=O)(O)C(C)C)(C1)C2. The van der Waals surface area contributed by atoms with Crippen LogP contribution in [0.2, 0.25) is 0 Å². The van der Waals surface area contributed by atoms with Crippen molar-refractivity contribution >= 4 is 31.2 Å². The lowest BCUT2D eigenvalue weighted by atomic mass is 9.41. The van der Waals surface area contributed by atoms with Gasteiger partial charge in [0.1, 0.15) is 19.8 Å². The monoisotopic (exact) mass is 838 g/mol. The minimum absolute atomic E-state index is 0.0257. The zero-order chi connectivity index (χ0) is 42.8. The molecule has 326 valence electrons. The summed E-state index contributed by atoms with van der Waals surface area (Å²) < 4.78 is 50.2. The number of amides is 4. The van der Waals surface area contributed by atoms with E-state index in [0.29, 0.717) is 39.6 Å². The Hall–Kier alpha value is -3.53. The van der Waals surface area contributed by atoms with Crippen LogP contribution in [-0.2, 0) is 56.7 Å². The fraction of sp³-hybridized carbons (Fsp3) is 0.750. The molecule has 3 aliphatic carbocycles. The van der Waals surface area contributed by atoms with Gasteiger partial charge in [0, 0.05) is 44.4 Å². The van der Waals surface area contributed by atoms with Crippen LogP contribution >= 0.6 is 7.60 Å². The summed E-state index contributed by atoms with van der Waals surface area (Å²) in [4.78, 5) is 63.7. The fourth-order valence-electron chi connectivity index (χ4n) is 6.52. The standard InChI is InChI=1S/C40H63N4O13P/c1-6-18-51-24-27-54-21-15-41-34(45)9-12-39(13-10-35(46)42-16-22-55-28-25-52-19-7-2,14-11-36(47)43-17-23-56-29-26-53-20-8-3)44-37(48)38-30-40(31-38,32-38)57-58(49,50)33(4)5/h1-3,33H,9-32H2,4-5H3,(H,41,45)(H,42,46)(H,43,47)(H,44,48)(H,49,50). The first kappa shape index (κ1) is 50.6. The van der Waals surface area contributed by atoms with Crippen molar-refractivity contribution in [1.82, 2.24) is 21.3 Å². The zero-order valence-electron chi connectivity index (χ0n) is 34.1. The Kier molecular flexibility index (Phi) is 23.8. The Morgan fingerprint density at radius 1 is 0.638 bits per heavy atom. The van der Waals surface area contributed by atoms with Gasteiger partial charge in [-0.15, -0.1) is 19.3 Å². The fourth-order valence-corrected chi connectivity index (χ4v) is 7.48. The minimum Gasteiger partial charge on any atom is -0.377 e. The molecule has 18 heteroatoms. The molecule has 0 saturated heterocycles. The molecule has 0 radical (unpaired) electrons. The highest BCUT2D eigenvalue weighted by molar-refractivity contribution is 7.53. The van der Waals surface area contributed by atoms with E-state index in [1.165, 1.54) is 0 Å². The van der Waals surface area contributed by atoms with Crippen LogP contribution in [0.25, 0.3) is 0 Å². The third-order valence-corrected chi connectivity index (χ3v) is 11.6. The van der Waals surface area contributed by atoms with Crippen LogP contribution in [0.3, 0.4) is 0 Å². The number of carbonyl (C=O) groups excluding carboxylic acids is 4. The molecule has 0 aromatic carbocycles. The van der Waals surface area contributed by atoms with Gasteiger partial charge in [0.15, 0.2) is 0 Å². The molecule has 0 aromatic heterocycles. The van der Waals surface area contributed by atoms with Gasteiger partial charge in [-0.3, -0.25) is 23.7 Å². The van der Waals surface area contributed by atoms with Crippen LogP contribution in [0.5, 0.6) is 0 Å². The van der Waals surface area contributed by atoms with Gasteiger partial charge >= 0.3 is 7.60 Å². The van der Waals surface area contributed by atoms with Gasteiger partial charge in [-0.05, 0) is 38.5 Å². The minimum atomic E-state index is -3.87. The molecular formula is C40H63N4O13P. The normalized spacial score (nSPS) is 19.0. The summed E-state index contributed by atoms with van der Waals surface area (Å²) in [6.45, 7) is 6.99. The van der Waals surface area contributed by atoms with Crippen LogP contribution in [0.4, 0.5) is 0 Å². The molecular weight excluding hydrogens is 775 g/mol. The summed E-state index contributed by atoms with van der Waals surface area (Å²) in [5.74, 6) is 5.85. The van der Waals surface area contributed by atoms with Gasteiger partial charge in [0.05, 0.1) is 76.1 Å². The first-order valence-electron chi connectivity index (χ1n) is 19.7. The van der Waals surface area contributed by atoms with Crippen LogP contribution < -0.4 is 21.3 Å². The number of nitrogens with one attached hydrogen (secondary N) is 4. The first-order valence-corrected chi connectivity index (χ1v) is 21.3. The largest absolute Gasteiger partial charge is 0.377 e.